The molecule has 2 aromatic rings. The average molecular weight is 393 g/mol. The van der Waals surface area contributed by atoms with Gasteiger partial charge in [-0.15, -0.1) is 0 Å². The van der Waals surface area contributed by atoms with Crippen molar-refractivity contribution in [1.82, 2.24) is 4.98 Å². The second kappa shape index (κ2) is 5.96. The molecule has 0 unspecified atom stereocenters. The van der Waals surface area contributed by atoms with Gasteiger partial charge in [0.05, 0.1) is 19.3 Å². The van der Waals surface area contributed by atoms with Crippen molar-refractivity contribution >= 4 is 49.1 Å². The highest BCUT2D eigenvalue weighted by atomic mass is 79.9. The molecule has 0 amide bonds. The average Bonchev–Trinajstić information content (AvgIpc) is 2.42. The molecule has 110 valence electrons. The van der Waals surface area contributed by atoms with Crippen LogP contribution >= 0.6 is 27.5 Å². The van der Waals surface area contributed by atoms with Crippen LogP contribution in [-0.2, 0) is 10.0 Å². The maximum atomic E-state index is 12.1. The Bertz CT molecular complexity index is 796. The summed E-state index contributed by atoms with van der Waals surface area (Å²) in [5, 5.41) is 10.9. The molecular weight excluding hydrogens is 386 g/mol. The summed E-state index contributed by atoms with van der Waals surface area (Å²) in [4.78, 5) is 13.7. The minimum Gasteiger partial charge on any atom is -0.262 e. The third-order valence-corrected chi connectivity index (χ3v) is 4.56. The second-order valence-electron chi connectivity index (χ2n) is 3.84. The fourth-order valence-corrected chi connectivity index (χ4v) is 3.32. The summed E-state index contributed by atoms with van der Waals surface area (Å²) in [5.41, 5.74) is -0.195. The largest absolute Gasteiger partial charge is 0.269 e. The molecule has 0 aliphatic heterocycles. The number of anilines is 1. The van der Waals surface area contributed by atoms with Gasteiger partial charge in [0.2, 0.25) is 0 Å². The fourth-order valence-electron chi connectivity index (χ4n) is 1.42. The van der Waals surface area contributed by atoms with Crippen LogP contribution in [0.1, 0.15) is 0 Å². The van der Waals surface area contributed by atoms with E-state index in [9.17, 15) is 18.5 Å². The smallest absolute Gasteiger partial charge is 0.262 e. The van der Waals surface area contributed by atoms with E-state index in [1.54, 1.807) is 0 Å². The zero-order valence-electron chi connectivity index (χ0n) is 10.2. The Labute approximate surface area is 133 Å². The number of nitro benzene ring substituents is 1. The lowest BCUT2D eigenvalue weighted by molar-refractivity contribution is -0.384. The molecule has 1 heterocycles. The quantitative estimate of drug-likeness (QED) is 0.636. The van der Waals surface area contributed by atoms with Gasteiger partial charge in [-0.1, -0.05) is 11.6 Å². The van der Waals surface area contributed by atoms with Crippen molar-refractivity contribution in [2.45, 2.75) is 4.90 Å². The van der Waals surface area contributed by atoms with Crippen LogP contribution in [0.4, 0.5) is 11.5 Å². The van der Waals surface area contributed by atoms with Gasteiger partial charge in [-0.3, -0.25) is 14.8 Å². The number of pyridine rings is 1. The van der Waals surface area contributed by atoms with Gasteiger partial charge in [-0.25, -0.2) is 13.4 Å². The molecule has 0 aliphatic rings. The first-order valence-corrected chi connectivity index (χ1v) is 8.03. The van der Waals surface area contributed by atoms with Crippen LogP contribution in [0.2, 0.25) is 5.02 Å². The van der Waals surface area contributed by atoms with E-state index in [0.29, 0.717) is 9.50 Å². The van der Waals surface area contributed by atoms with Gasteiger partial charge in [0, 0.05) is 18.3 Å². The van der Waals surface area contributed by atoms with Crippen LogP contribution in [0.15, 0.2) is 45.9 Å². The highest BCUT2D eigenvalue weighted by molar-refractivity contribution is 9.10. The number of aromatic nitrogens is 1. The van der Waals surface area contributed by atoms with Gasteiger partial charge in [0.25, 0.3) is 15.7 Å². The molecule has 2 rings (SSSR count). The van der Waals surface area contributed by atoms with Crippen molar-refractivity contribution in [3.05, 3.63) is 56.1 Å². The molecule has 0 bridgehead atoms. The third kappa shape index (κ3) is 3.69. The number of nitrogens with zero attached hydrogens (tertiary/aromatic N) is 2. The molecule has 1 aromatic carbocycles. The Balaban J connectivity index is 2.31. The van der Waals surface area contributed by atoms with Crippen molar-refractivity contribution in [2.75, 3.05) is 4.72 Å². The van der Waals surface area contributed by atoms with Crippen molar-refractivity contribution in [3.8, 4) is 0 Å². The predicted molar refractivity (Wildman–Crippen MR) is 80.9 cm³/mol. The van der Waals surface area contributed by atoms with E-state index in [2.05, 4.69) is 25.6 Å². The Morgan fingerprint density at radius 1 is 1.29 bits per heavy atom. The summed E-state index contributed by atoms with van der Waals surface area (Å²) in [7, 11) is -3.90. The number of hydrogen-bond donors (Lipinski definition) is 1. The number of non-ortho nitro benzene ring substituents is 1. The summed E-state index contributed by atoms with van der Waals surface area (Å²) < 4.78 is 26.9. The van der Waals surface area contributed by atoms with E-state index in [1.807, 2.05) is 0 Å². The number of benzene rings is 1. The Morgan fingerprint density at radius 3 is 2.43 bits per heavy atom. The Kier molecular flexibility index (Phi) is 4.45. The van der Waals surface area contributed by atoms with E-state index in [1.165, 1.54) is 12.3 Å². The lowest BCUT2D eigenvalue weighted by atomic mass is 10.3. The summed E-state index contributed by atoms with van der Waals surface area (Å²) >= 11 is 8.86. The molecule has 0 aliphatic carbocycles. The second-order valence-corrected chi connectivity index (χ2v) is 6.81. The molecule has 0 spiro atoms. The summed E-state index contributed by atoms with van der Waals surface area (Å²) in [5.74, 6) is 0.0674. The van der Waals surface area contributed by atoms with Crippen molar-refractivity contribution in [2.24, 2.45) is 0 Å². The van der Waals surface area contributed by atoms with E-state index in [0.717, 1.165) is 24.3 Å². The minimum atomic E-state index is -3.90. The highest BCUT2D eigenvalue weighted by Gasteiger charge is 2.18. The molecule has 0 saturated heterocycles. The lowest BCUT2D eigenvalue weighted by Crippen LogP contribution is -2.14. The number of sulfonamides is 1. The Hall–Kier alpha value is -1.71. The van der Waals surface area contributed by atoms with Gasteiger partial charge >= 0.3 is 0 Å². The monoisotopic (exact) mass is 391 g/mol. The normalized spacial score (nSPS) is 11.1. The first-order chi connectivity index (χ1) is 9.79. The third-order valence-electron chi connectivity index (χ3n) is 2.40. The summed E-state index contributed by atoms with van der Waals surface area (Å²) in [6, 6.07) is 5.99. The van der Waals surface area contributed by atoms with Crippen LogP contribution < -0.4 is 4.72 Å². The summed E-state index contributed by atoms with van der Waals surface area (Å²) in [6.45, 7) is 0. The molecule has 0 atom stereocenters. The maximum absolute atomic E-state index is 12.1. The predicted octanol–water partition coefficient (Wildman–Crippen LogP) is 3.21. The SMILES string of the molecule is O=[N+]([O-])c1ccc(S(=O)(=O)Nc2ncc(Cl)cc2Br)cc1. The topological polar surface area (TPSA) is 102 Å². The number of nitro groups is 1. The fraction of sp³-hybridized carbons (Fsp3) is 0. The van der Waals surface area contributed by atoms with E-state index < -0.39 is 14.9 Å². The van der Waals surface area contributed by atoms with Crippen LogP contribution in [-0.4, -0.2) is 18.3 Å². The van der Waals surface area contributed by atoms with Crippen LogP contribution in [0.5, 0.6) is 0 Å². The van der Waals surface area contributed by atoms with Crippen LogP contribution in [0, 0.1) is 10.1 Å². The minimum absolute atomic E-state index is 0.0674. The van der Waals surface area contributed by atoms with E-state index in [-0.39, 0.29) is 16.4 Å². The molecule has 7 nitrogen and oxygen atoms in total. The number of nitrogens with one attached hydrogen (secondary N) is 1. The molecule has 1 N–H and O–H groups in total. The van der Waals surface area contributed by atoms with Gasteiger partial charge in [0.1, 0.15) is 0 Å². The number of rotatable bonds is 4. The molecule has 10 heteroatoms. The number of hydrogen-bond acceptors (Lipinski definition) is 5. The van der Waals surface area contributed by atoms with Gasteiger partial charge in [0.15, 0.2) is 5.82 Å². The molecule has 0 saturated carbocycles. The van der Waals surface area contributed by atoms with Crippen molar-refractivity contribution in [1.29, 1.82) is 0 Å². The lowest BCUT2D eigenvalue weighted by Gasteiger charge is -2.08. The molecule has 0 fully saturated rings. The zero-order chi connectivity index (χ0) is 15.6. The van der Waals surface area contributed by atoms with Gasteiger partial charge < -0.3 is 0 Å². The first kappa shape index (κ1) is 15.7. The van der Waals surface area contributed by atoms with E-state index in [4.69, 9.17) is 11.6 Å². The molecule has 0 radical (unpaired) electrons. The maximum Gasteiger partial charge on any atom is 0.269 e. The van der Waals surface area contributed by atoms with Crippen molar-refractivity contribution < 1.29 is 13.3 Å². The number of halogens is 2. The molecule has 1 aromatic heterocycles. The molecule has 21 heavy (non-hydrogen) atoms. The zero-order valence-corrected chi connectivity index (χ0v) is 13.3. The first-order valence-electron chi connectivity index (χ1n) is 5.38. The van der Waals surface area contributed by atoms with Crippen LogP contribution in [0.25, 0.3) is 0 Å². The summed E-state index contributed by atoms with van der Waals surface area (Å²) in [6.07, 6.45) is 1.29. The molecular formula is C11H7BrClN3O4S. The van der Waals surface area contributed by atoms with Crippen LogP contribution in [0.3, 0.4) is 0 Å². The standard InChI is InChI=1S/C11H7BrClN3O4S/c12-10-5-7(13)6-14-11(10)15-21(19,20)9-3-1-8(2-4-9)16(17)18/h1-6H,(H,14,15). The van der Waals surface area contributed by atoms with Crippen molar-refractivity contribution in [3.63, 3.8) is 0 Å². The van der Waals surface area contributed by atoms with Gasteiger partial charge in [-0.05, 0) is 34.1 Å². The van der Waals surface area contributed by atoms with E-state index >= 15 is 0 Å². The highest BCUT2D eigenvalue weighted by Crippen LogP contribution is 2.26. The Morgan fingerprint density at radius 2 is 1.90 bits per heavy atom. The van der Waals surface area contributed by atoms with Gasteiger partial charge in [-0.2, -0.15) is 0 Å².